The zero-order chi connectivity index (χ0) is 14.0. The van der Waals surface area contributed by atoms with Gasteiger partial charge in [-0.25, -0.2) is 0 Å². The van der Waals surface area contributed by atoms with E-state index in [0.29, 0.717) is 6.54 Å². The van der Waals surface area contributed by atoms with Crippen LogP contribution in [-0.4, -0.2) is 45.5 Å². The molecule has 0 spiro atoms. The molecule has 2 heterocycles. The second kappa shape index (κ2) is 5.92. The molecule has 5 heteroatoms. The summed E-state index contributed by atoms with van der Waals surface area (Å²) in [5.41, 5.74) is 8.43. The zero-order valence-corrected chi connectivity index (χ0v) is 12.3. The second-order valence-electron chi connectivity index (χ2n) is 5.90. The van der Waals surface area contributed by atoms with Gasteiger partial charge in [-0.05, 0) is 45.7 Å². The van der Waals surface area contributed by atoms with Crippen molar-refractivity contribution in [2.45, 2.75) is 46.3 Å². The highest BCUT2D eigenvalue weighted by molar-refractivity contribution is 5.46. The van der Waals surface area contributed by atoms with Gasteiger partial charge < -0.3 is 15.7 Å². The van der Waals surface area contributed by atoms with Crippen LogP contribution in [0.25, 0.3) is 0 Å². The molecule has 1 saturated heterocycles. The maximum absolute atomic E-state index is 10.2. The van der Waals surface area contributed by atoms with Crippen molar-refractivity contribution in [2.24, 2.45) is 5.92 Å². The lowest BCUT2D eigenvalue weighted by atomic mass is 9.99. The first-order chi connectivity index (χ1) is 8.97. The Labute approximate surface area is 115 Å². The number of hydrogen-bond donors (Lipinski definition) is 2. The van der Waals surface area contributed by atoms with Crippen molar-refractivity contribution in [3.63, 3.8) is 0 Å². The quantitative estimate of drug-likeness (QED) is 0.858. The number of anilines is 1. The fraction of sp³-hybridized carbons (Fsp3) is 0.786. The van der Waals surface area contributed by atoms with E-state index in [1.54, 1.807) is 0 Å². The van der Waals surface area contributed by atoms with E-state index in [2.05, 4.69) is 16.9 Å². The van der Waals surface area contributed by atoms with E-state index in [9.17, 15) is 5.11 Å². The summed E-state index contributed by atoms with van der Waals surface area (Å²) in [5, 5.41) is 14.6. The molecule has 1 aliphatic heterocycles. The van der Waals surface area contributed by atoms with Crippen molar-refractivity contribution in [2.75, 3.05) is 25.4 Å². The Hall–Kier alpha value is -1.07. The average molecular weight is 266 g/mol. The van der Waals surface area contributed by atoms with Gasteiger partial charge in [0, 0.05) is 6.54 Å². The minimum Gasteiger partial charge on any atom is -0.396 e. The number of aryl methyl sites for hydroxylation is 1. The lowest BCUT2D eigenvalue weighted by molar-refractivity contribution is 0.0772. The van der Waals surface area contributed by atoms with Crippen LogP contribution in [-0.2, 0) is 6.54 Å². The van der Waals surface area contributed by atoms with Crippen LogP contribution in [0.4, 0.5) is 5.69 Å². The molecule has 0 radical (unpaired) electrons. The molecule has 0 bridgehead atoms. The fourth-order valence-electron chi connectivity index (χ4n) is 2.69. The highest BCUT2D eigenvalue weighted by Gasteiger charge is 2.19. The Balaban J connectivity index is 1.87. The normalized spacial score (nSPS) is 19.8. The minimum atomic E-state index is -0.384. The minimum absolute atomic E-state index is 0.384. The van der Waals surface area contributed by atoms with Gasteiger partial charge in [-0.2, -0.15) is 5.10 Å². The zero-order valence-electron chi connectivity index (χ0n) is 12.3. The van der Waals surface area contributed by atoms with Gasteiger partial charge in [0.1, 0.15) is 0 Å². The third-order valence-electron chi connectivity index (χ3n) is 4.17. The van der Waals surface area contributed by atoms with Crippen molar-refractivity contribution in [3.05, 3.63) is 11.4 Å². The first-order valence-corrected chi connectivity index (χ1v) is 7.17. The van der Waals surface area contributed by atoms with Gasteiger partial charge in [-0.1, -0.05) is 6.92 Å². The van der Waals surface area contributed by atoms with E-state index in [1.807, 2.05) is 18.5 Å². The summed E-state index contributed by atoms with van der Waals surface area (Å²) in [6.07, 6.45) is 2.09. The van der Waals surface area contributed by atoms with Crippen molar-refractivity contribution in [3.8, 4) is 0 Å². The number of nitrogens with two attached hydrogens (primary N) is 1. The van der Waals surface area contributed by atoms with Crippen LogP contribution in [0, 0.1) is 19.8 Å². The first kappa shape index (κ1) is 14.3. The van der Waals surface area contributed by atoms with Crippen LogP contribution in [0.3, 0.4) is 0 Å². The Bertz CT molecular complexity index is 421. The molecule has 0 amide bonds. The maximum atomic E-state index is 10.2. The molecule has 0 aromatic carbocycles. The van der Waals surface area contributed by atoms with Crippen LogP contribution >= 0.6 is 0 Å². The molecule has 0 saturated carbocycles. The van der Waals surface area contributed by atoms with E-state index in [4.69, 9.17) is 5.73 Å². The summed E-state index contributed by atoms with van der Waals surface area (Å²) in [7, 11) is 0. The van der Waals surface area contributed by atoms with Crippen molar-refractivity contribution in [1.29, 1.82) is 0 Å². The maximum Gasteiger partial charge on any atom is 0.0862 e. The molecular weight excluding hydrogens is 240 g/mol. The molecule has 0 aliphatic carbocycles. The Morgan fingerprint density at radius 1 is 1.32 bits per heavy atom. The fourth-order valence-corrected chi connectivity index (χ4v) is 2.69. The molecule has 1 unspecified atom stereocenters. The highest BCUT2D eigenvalue weighted by Crippen LogP contribution is 2.17. The number of aliphatic hydroxyl groups is 1. The van der Waals surface area contributed by atoms with E-state index >= 15 is 0 Å². The van der Waals surface area contributed by atoms with Crippen molar-refractivity contribution < 1.29 is 5.11 Å². The monoisotopic (exact) mass is 266 g/mol. The lowest BCUT2D eigenvalue weighted by Gasteiger charge is -2.31. The standard InChI is InChI=1S/C14H26N4O/c1-10-4-6-17(7-5-10)8-13(19)9-18-12(3)14(15)11(2)16-18/h10,13,19H,4-9,15H2,1-3H3. The van der Waals surface area contributed by atoms with Crippen molar-refractivity contribution in [1.82, 2.24) is 14.7 Å². The molecule has 5 nitrogen and oxygen atoms in total. The summed E-state index contributed by atoms with van der Waals surface area (Å²) in [6, 6.07) is 0. The molecule has 19 heavy (non-hydrogen) atoms. The Morgan fingerprint density at radius 3 is 2.47 bits per heavy atom. The molecule has 1 fully saturated rings. The van der Waals surface area contributed by atoms with Crippen LogP contribution in [0.15, 0.2) is 0 Å². The van der Waals surface area contributed by atoms with Crippen LogP contribution in [0.2, 0.25) is 0 Å². The molecule has 3 N–H and O–H groups in total. The van der Waals surface area contributed by atoms with Gasteiger partial charge in [0.15, 0.2) is 0 Å². The Morgan fingerprint density at radius 2 is 1.95 bits per heavy atom. The number of likely N-dealkylation sites (tertiary alicyclic amines) is 1. The SMILES string of the molecule is Cc1nn(CC(O)CN2CCC(C)CC2)c(C)c1N. The van der Waals surface area contributed by atoms with E-state index in [-0.39, 0.29) is 6.10 Å². The molecule has 1 aromatic rings. The number of rotatable bonds is 4. The van der Waals surface area contributed by atoms with Gasteiger partial charge in [-0.15, -0.1) is 0 Å². The number of aliphatic hydroxyl groups excluding tert-OH is 1. The number of nitrogens with zero attached hydrogens (tertiary/aromatic N) is 3. The third-order valence-corrected chi connectivity index (χ3v) is 4.17. The van der Waals surface area contributed by atoms with Gasteiger partial charge in [-0.3, -0.25) is 4.68 Å². The summed E-state index contributed by atoms with van der Waals surface area (Å²) >= 11 is 0. The number of hydrogen-bond acceptors (Lipinski definition) is 4. The molecule has 1 atom stereocenters. The second-order valence-corrected chi connectivity index (χ2v) is 5.90. The number of piperidine rings is 1. The molecule has 1 aliphatic rings. The van der Waals surface area contributed by atoms with Gasteiger partial charge in [0.05, 0.1) is 29.7 Å². The molecule has 1 aromatic heterocycles. The topological polar surface area (TPSA) is 67.3 Å². The van der Waals surface area contributed by atoms with Crippen LogP contribution < -0.4 is 5.73 Å². The summed E-state index contributed by atoms with van der Waals surface area (Å²) in [4.78, 5) is 2.35. The molecule has 2 rings (SSSR count). The summed E-state index contributed by atoms with van der Waals surface area (Å²) in [5.74, 6) is 0.823. The lowest BCUT2D eigenvalue weighted by Crippen LogP contribution is -2.39. The van der Waals surface area contributed by atoms with E-state index in [1.165, 1.54) is 12.8 Å². The van der Waals surface area contributed by atoms with Gasteiger partial charge in [0.2, 0.25) is 0 Å². The van der Waals surface area contributed by atoms with Crippen LogP contribution in [0.1, 0.15) is 31.2 Å². The predicted octanol–water partition coefficient (Wildman–Crippen LogP) is 1.17. The Kier molecular flexibility index (Phi) is 4.47. The number of aromatic nitrogens is 2. The average Bonchev–Trinajstić information content (AvgIpc) is 2.60. The summed E-state index contributed by atoms with van der Waals surface area (Å²) < 4.78 is 1.82. The van der Waals surface area contributed by atoms with Gasteiger partial charge >= 0.3 is 0 Å². The van der Waals surface area contributed by atoms with Gasteiger partial charge in [0.25, 0.3) is 0 Å². The smallest absolute Gasteiger partial charge is 0.0862 e. The number of nitrogen functional groups attached to an aromatic ring is 1. The largest absolute Gasteiger partial charge is 0.396 e. The first-order valence-electron chi connectivity index (χ1n) is 7.17. The van der Waals surface area contributed by atoms with Crippen LogP contribution in [0.5, 0.6) is 0 Å². The highest BCUT2D eigenvalue weighted by atomic mass is 16.3. The number of β-amino-alcohol motifs (C(OH)–C–C–N with tert-alkyl or cyclic N) is 1. The predicted molar refractivity (Wildman–Crippen MR) is 77.0 cm³/mol. The molecular formula is C14H26N4O. The molecule has 108 valence electrons. The van der Waals surface area contributed by atoms with E-state index < -0.39 is 0 Å². The third kappa shape index (κ3) is 3.48. The summed E-state index contributed by atoms with van der Waals surface area (Å²) in [6.45, 7) is 9.59. The van der Waals surface area contributed by atoms with Crippen molar-refractivity contribution >= 4 is 5.69 Å². The van der Waals surface area contributed by atoms with E-state index in [0.717, 1.165) is 42.6 Å².